The normalized spacial score (nSPS) is 35.4. The van der Waals surface area contributed by atoms with Gasteiger partial charge in [-0.15, -0.1) is 0 Å². The average molecular weight is 452 g/mol. The largest absolute Gasteiger partial charge is 0.326 e. The predicted octanol–water partition coefficient (Wildman–Crippen LogP) is 6.54. The summed E-state index contributed by atoms with van der Waals surface area (Å²) in [6.07, 6.45) is 17.9. The van der Waals surface area contributed by atoms with Gasteiger partial charge in [0.05, 0.1) is 5.92 Å². The topological polar surface area (TPSA) is 9.26 Å². The molecule has 3 atom stereocenters. The lowest BCUT2D eigenvalue weighted by Crippen LogP contribution is -2.75. The summed E-state index contributed by atoms with van der Waals surface area (Å²) in [5.74, 6) is 2.13. The number of hydrogen-bond donors (Lipinski definition) is 0. The zero-order valence-electron chi connectivity index (χ0n) is 22.4. The maximum absolute atomic E-state index is 4.70. The first kappa shape index (κ1) is 24.5. The first-order chi connectivity index (χ1) is 15.6. The van der Waals surface area contributed by atoms with Gasteiger partial charge in [-0.05, 0) is 70.8 Å². The molecule has 3 nitrogen and oxygen atoms in total. The minimum atomic E-state index is -0.107. The molecule has 0 aromatic carbocycles. The first-order valence-corrected chi connectivity index (χ1v) is 13.6. The van der Waals surface area contributed by atoms with Crippen LogP contribution >= 0.6 is 0 Å². The molecule has 1 aliphatic heterocycles. The zero-order valence-corrected chi connectivity index (χ0v) is 22.4. The zero-order chi connectivity index (χ0) is 24.2. The van der Waals surface area contributed by atoms with E-state index in [1.54, 1.807) is 5.84 Å². The highest BCUT2D eigenvalue weighted by atomic mass is 15.6. The molecule has 3 saturated carbocycles. The molecule has 3 aliphatic carbocycles. The fourth-order valence-corrected chi connectivity index (χ4v) is 8.04. The van der Waals surface area contributed by atoms with Gasteiger partial charge in [0, 0.05) is 6.92 Å². The summed E-state index contributed by atoms with van der Waals surface area (Å²) in [5.41, 5.74) is 2.01. The predicted molar refractivity (Wildman–Crippen MR) is 141 cm³/mol. The molecular formula is C30H49N3+2. The van der Waals surface area contributed by atoms with Crippen molar-refractivity contribution in [2.24, 2.45) is 11.3 Å². The molecule has 0 aromatic rings. The fourth-order valence-electron chi connectivity index (χ4n) is 8.04. The van der Waals surface area contributed by atoms with Gasteiger partial charge in [0.2, 0.25) is 0 Å². The maximum Gasteiger partial charge on any atom is 0.326 e. The highest BCUT2D eigenvalue weighted by Gasteiger charge is 3.04. The molecule has 4 rings (SSSR count). The summed E-state index contributed by atoms with van der Waals surface area (Å²) in [6, 6.07) is 1.27. The Morgan fingerprint density at radius 1 is 1.00 bits per heavy atom. The SMILES string of the molecule is C=C(C)/C=C\C(=C)C1(C)C(C)([N+](=C)C)C12N(C1CCCCC1)C(C(C)C)=[N+]2C1CCCCC1. The van der Waals surface area contributed by atoms with Crippen molar-refractivity contribution in [3.63, 3.8) is 0 Å². The lowest BCUT2D eigenvalue weighted by Gasteiger charge is -2.50. The van der Waals surface area contributed by atoms with Crippen LogP contribution in [0.15, 0.2) is 36.5 Å². The van der Waals surface area contributed by atoms with Crippen molar-refractivity contribution < 1.29 is 9.15 Å². The quantitative estimate of drug-likeness (QED) is 0.242. The van der Waals surface area contributed by atoms with Gasteiger partial charge in [0.15, 0.2) is 5.41 Å². The first-order valence-electron chi connectivity index (χ1n) is 13.6. The minimum Gasteiger partial charge on any atom is -0.230 e. The number of nitrogens with zero attached hydrogens (tertiary/aromatic N) is 3. The highest BCUT2D eigenvalue weighted by molar-refractivity contribution is 5.86. The summed E-state index contributed by atoms with van der Waals surface area (Å²) >= 11 is 0. The molecule has 3 heteroatoms. The van der Waals surface area contributed by atoms with Crippen molar-refractivity contribution in [1.29, 1.82) is 0 Å². The van der Waals surface area contributed by atoms with Crippen LogP contribution in [-0.4, -0.2) is 56.9 Å². The van der Waals surface area contributed by atoms with E-state index in [2.05, 4.69) is 81.2 Å². The standard InChI is InChI=1S/C30H49N3/c1-22(2)20-21-24(5)28(6)29(7,31(8)9)30(28)32(25-16-12-10-13-17-25)27(23(3)4)33(30)26-18-14-11-15-19-26/h20-21,23,25-26H,1,5,8,10-19H2,2-4,6-7,9H3/q+2/b21-20-. The smallest absolute Gasteiger partial charge is 0.230 e. The Labute approximate surface area is 203 Å². The Hall–Kier alpha value is -1.64. The fraction of sp³-hybridized carbons (Fsp3) is 0.733. The number of rotatable bonds is 7. The van der Waals surface area contributed by atoms with E-state index in [-0.39, 0.29) is 16.6 Å². The van der Waals surface area contributed by atoms with Crippen LogP contribution in [0.1, 0.15) is 98.8 Å². The van der Waals surface area contributed by atoms with Crippen molar-refractivity contribution in [3.8, 4) is 0 Å². The third kappa shape index (κ3) is 3.13. The number of allylic oxidation sites excluding steroid dienone is 3. The summed E-state index contributed by atoms with van der Waals surface area (Å²) in [6.45, 7) is 25.2. The van der Waals surface area contributed by atoms with Crippen LogP contribution in [-0.2, 0) is 0 Å². The van der Waals surface area contributed by atoms with Crippen LogP contribution in [0.25, 0.3) is 0 Å². The summed E-state index contributed by atoms with van der Waals surface area (Å²) in [5, 5.41) is 0. The van der Waals surface area contributed by atoms with Gasteiger partial charge in [-0.2, -0.15) is 0 Å². The van der Waals surface area contributed by atoms with E-state index in [1.165, 1.54) is 69.8 Å². The summed E-state index contributed by atoms with van der Waals surface area (Å²) < 4.78 is 5.20. The van der Waals surface area contributed by atoms with Gasteiger partial charge in [0.1, 0.15) is 25.8 Å². The second kappa shape index (κ2) is 8.54. The molecule has 0 radical (unpaired) electrons. The summed E-state index contributed by atoms with van der Waals surface area (Å²) in [4.78, 5) is 2.92. The van der Waals surface area contributed by atoms with Crippen LogP contribution in [0.5, 0.6) is 0 Å². The van der Waals surface area contributed by atoms with Gasteiger partial charge in [-0.3, -0.25) is 0 Å². The summed E-state index contributed by atoms with van der Waals surface area (Å²) in [7, 11) is 2.19. The molecule has 0 aromatic heterocycles. The van der Waals surface area contributed by atoms with Crippen molar-refractivity contribution in [2.45, 2.75) is 122 Å². The van der Waals surface area contributed by atoms with Gasteiger partial charge in [0.25, 0.3) is 11.4 Å². The van der Waals surface area contributed by atoms with E-state index in [4.69, 9.17) is 6.58 Å². The van der Waals surface area contributed by atoms with Gasteiger partial charge >= 0.3 is 5.66 Å². The van der Waals surface area contributed by atoms with Crippen LogP contribution in [0.3, 0.4) is 0 Å². The van der Waals surface area contributed by atoms with Crippen molar-refractivity contribution >= 4 is 12.6 Å². The van der Waals surface area contributed by atoms with Crippen molar-refractivity contribution in [3.05, 3.63) is 36.5 Å². The van der Waals surface area contributed by atoms with Crippen molar-refractivity contribution in [2.75, 3.05) is 7.05 Å². The van der Waals surface area contributed by atoms with Crippen molar-refractivity contribution in [1.82, 2.24) is 4.90 Å². The molecule has 0 bridgehead atoms. The molecule has 33 heavy (non-hydrogen) atoms. The maximum atomic E-state index is 4.70. The molecule has 0 N–H and O–H groups in total. The molecule has 182 valence electrons. The number of likely N-dealkylation sites (N-methyl/N-ethyl adjacent to an activating group) is 1. The Balaban J connectivity index is 1.93. The molecule has 1 heterocycles. The Bertz CT molecular complexity index is 896. The molecule has 0 amide bonds. The average Bonchev–Trinajstić information content (AvgIpc) is 3.26. The van der Waals surface area contributed by atoms with Gasteiger partial charge < -0.3 is 0 Å². The monoisotopic (exact) mass is 451 g/mol. The van der Waals surface area contributed by atoms with Gasteiger partial charge in [-0.1, -0.05) is 57.6 Å². The molecule has 0 saturated heterocycles. The van der Waals surface area contributed by atoms with E-state index in [0.717, 1.165) is 5.57 Å². The molecule has 3 unspecified atom stereocenters. The van der Waals surface area contributed by atoms with Gasteiger partial charge in [-0.25, -0.2) is 14.1 Å². The molecule has 4 aliphatic rings. The number of hydrogen-bond acceptors (Lipinski definition) is 1. The number of amidine groups is 1. The highest BCUT2D eigenvalue weighted by Crippen LogP contribution is 2.77. The lowest BCUT2D eigenvalue weighted by atomic mass is 9.84. The minimum absolute atomic E-state index is 0.0728. The van der Waals surface area contributed by atoms with Crippen LogP contribution in [0.4, 0.5) is 0 Å². The Morgan fingerprint density at radius 2 is 1.55 bits per heavy atom. The third-order valence-electron chi connectivity index (χ3n) is 9.85. The molecule has 3 fully saturated rings. The van der Waals surface area contributed by atoms with Crippen LogP contribution in [0.2, 0.25) is 0 Å². The van der Waals surface area contributed by atoms with E-state index in [1.807, 2.05) is 0 Å². The molecular weight excluding hydrogens is 402 g/mol. The van der Waals surface area contributed by atoms with E-state index < -0.39 is 0 Å². The Morgan fingerprint density at radius 3 is 2.03 bits per heavy atom. The second-order valence-electron chi connectivity index (χ2n) is 12.1. The lowest BCUT2D eigenvalue weighted by molar-refractivity contribution is -0.717. The van der Waals surface area contributed by atoms with E-state index >= 15 is 0 Å². The molecule has 1 spiro atoms. The second-order valence-corrected chi connectivity index (χ2v) is 12.1. The van der Waals surface area contributed by atoms with E-state index in [0.29, 0.717) is 18.0 Å². The third-order valence-corrected chi connectivity index (χ3v) is 9.85. The Kier molecular flexibility index (Phi) is 6.34. The van der Waals surface area contributed by atoms with E-state index in [9.17, 15) is 0 Å². The van der Waals surface area contributed by atoms with Crippen LogP contribution in [0, 0.1) is 11.3 Å². The van der Waals surface area contributed by atoms with Crippen LogP contribution < -0.4 is 0 Å².